The van der Waals surface area contributed by atoms with Gasteiger partial charge in [-0.1, -0.05) is 112 Å². The Kier molecular flexibility index (Phi) is 36.6. The number of ether oxygens (including phenoxy) is 2. The summed E-state index contributed by atoms with van der Waals surface area (Å²) in [4.78, 5) is 24.2. The molecular formula is C43H72O5. The maximum absolute atomic E-state index is 12.1. The highest BCUT2D eigenvalue weighted by atomic mass is 16.6. The predicted octanol–water partition coefficient (Wildman–Crippen LogP) is 12.2. The summed E-state index contributed by atoms with van der Waals surface area (Å²) in [5.41, 5.74) is 0. The summed E-state index contributed by atoms with van der Waals surface area (Å²) in [6.45, 7) is 4.00. The molecule has 5 nitrogen and oxygen atoms in total. The lowest BCUT2D eigenvalue weighted by Gasteiger charge is -2.15. The van der Waals surface area contributed by atoms with Gasteiger partial charge in [-0.15, -0.1) is 0 Å². The average molecular weight is 669 g/mol. The number of carbonyl (C=O) groups is 2. The van der Waals surface area contributed by atoms with E-state index < -0.39 is 6.10 Å². The van der Waals surface area contributed by atoms with Crippen LogP contribution in [0.4, 0.5) is 0 Å². The zero-order valence-corrected chi connectivity index (χ0v) is 31.0. The second-order valence-electron chi connectivity index (χ2n) is 12.6. The number of aliphatic hydroxyl groups excluding tert-OH is 1. The fourth-order valence-electron chi connectivity index (χ4n) is 4.91. The second-order valence-corrected chi connectivity index (χ2v) is 12.6. The van der Waals surface area contributed by atoms with Gasteiger partial charge in [-0.05, 0) is 116 Å². The molecule has 0 bridgehead atoms. The van der Waals surface area contributed by atoms with E-state index in [4.69, 9.17) is 9.47 Å². The molecule has 0 rings (SSSR count). The molecule has 0 aliphatic heterocycles. The Morgan fingerprint density at radius 2 is 0.812 bits per heavy atom. The summed E-state index contributed by atoms with van der Waals surface area (Å²) >= 11 is 0. The summed E-state index contributed by atoms with van der Waals surface area (Å²) in [6, 6.07) is 0. The molecule has 0 spiro atoms. The highest BCUT2D eigenvalue weighted by molar-refractivity contribution is 5.70. The third-order valence-electron chi connectivity index (χ3n) is 7.91. The van der Waals surface area contributed by atoms with Crippen LogP contribution in [0.1, 0.15) is 168 Å². The summed E-state index contributed by atoms with van der Waals surface area (Å²) in [7, 11) is 0. The fraction of sp³-hybridized carbons (Fsp3) is 0.674. The molecule has 0 saturated carbocycles. The van der Waals surface area contributed by atoms with Crippen molar-refractivity contribution < 1.29 is 24.2 Å². The van der Waals surface area contributed by atoms with E-state index in [1.807, 2.05) is 0 Å². The van der Waals surface area contributed by atoms with Crippen molar-refractivity contribution >= 4 is 11.9 Å². The average Bonchev–Trinajstić information content (AvgIpc) is 3.09. The van der Waals surface area contributed by atoms with Gasteiger partial charge in [-0.2, -0.15) is 0 Å². The molecule has 0 heterocycles. The van der Waals surface area contributed by atoms with Crippen molar-refractivity contribution in [2.75, 3.05) is 13.2 Å². The van der Waals surface area contributed by atoms with Gasteiger partial charge < -0.3 is 14.6 Å². The van der Waals surface area contributed by atoms with E-state index in [1.165, 1.54) is 77.0 Å². The molecule has 0 aromatic carbocycles. The lowest BCUT2D eigenvalue weighted by Crippen LogP contribution is -2.28. The van der Waals surface area contributed by atoms with E-state index in [-0.39, 0.29) is 31.6 Å². The van der Waals surface area contributed by atoms with Gasteiger partial charge in [-0.25, -0.2) is 0 Å². The Labute approximate surface area is 295 Å². The largest absolute Gasteiger partial charge is 0.462 e. The summed E-state index contributed by atoms with van der Waals surface area (Å²) < 4.78 is 10.5. The standard InChI is InChI=1S/C43H72O5/c1-3-5-7-9-11-13-15-17-19-21-23-25-27-29-31-33-35-37-42(45)47-40-41(39-44)48-43(46)38-36-34-32-30-28-26-24-22-20-18-16-14-12-10-8-6-4-2/h11-14,17-20,29-32,41,44H,3-10,15-16,21-28,33-40H2,1-2H3/b13-11-,14-12-,19-17-,20-18-,31-29-,32-30-/t41-/m0/s1. The number of hydrogen-bond acceptors (Lipinski definition) is 5. The molecule has 0 radical (unpaired) electrons. The van der Waals surface area contributed by atoms with Crippen molar-refractivity contribution in [2.45, 2.75) is 174 Å². The van der Waals surface area contributed by atoms with Gasteiger partial charge in [0, 0.05) is 12.8 Å². The molecule has 48 heavy (non-hydrogen) atoms. The number of carbonyl (C=O) groups excluding carboxylic acids is 2. The molecule has 5 heteroatoms. The molecule has 1 N–H and O–H groups in total. The predicted molar refractivity (Wildman–Crippen MR) is 205 cm³/mol. The van der Waals surface area contributed by atoms with Gasteiger partial charge in [0.25, 0.3) is 0 Å². The van der Waals surface area contributed by atoms with Gasteiger partial charge >= 0.3 is 11.9 Å². The highest BCUT2D eigenvalue weighted by Crippen LogP contribution is 2.08. The van der Waals surface area contributed by atoms with Crippen molar-refractivity contribution in [2.24, 2.45) is 0 Å². The van der Waals surface area contributed by atoms with Crippen LogP contribution in [0.25, 0.3) is 0 Å². The van der Waals surface area contributed by atoms with Crippen LogP contribution >= 0.6 is 0 Å². The van der Waals surface area contributed by atoms with Crippen LogP contribution in [-0.2, 0) is 19.1 Å². The number of hydrogen-bond donors (Lipinski definition) is 1. The van der Waals surface area contributed by atoms with Crippen LogP contribution in [0.5, 0.6) is 0 Å². The Balaban J connectivity index is 3.70. The third-order valence-corrected chi connectivity index (χ3v) is 7.91. The van der Waals surface area contributed by atoms with Gasteiger partial charge in [-0.3, -0.25) is 9.59 Å². The molecule has 0 saturated heterocycles. The van der Waals surface area contributed by atoms with Crippen molar-refractivity contribution in [3.8, 4) is 0 Å². The quantitative estimate of drug-likeness (QED) is 0.0420. The Bertz CT molecular complexity index is 895. The lowest BCUT2D eigenvalue weighted by atomic mass is 10.1. The summed E-state index contributed by atoms with van der Waals surface area (Å²) in [5.74, 6) is -0.695. The fourth-order valence-corrected chi connectivity index (χ4v) is 4.91. The maximum atomic E-state index is 12.1. The van der Waals surface area contributed by atoms with E-state index in [0.717, 1.165) is 57.8 Å². The molecule has 0 aliphatic carbocycles. The molecule has 0 unspecified atom stereocenters. The van der Waals surface area contributed by atoms with Crippen LogP contribution in [0.15, 0.2) is 72.9 Å². The van der Waals surface area contributed by atoms with Crippen molar-refractivity contribution in [3.63, 3.8) is 0 Å². The monoisotopic (exact) mass is 669 g/mol. The van der Waals surface area contributed by atoms with Crippen molar-refractivity contribution in [1.82, 2.24) is 0 Å². The van der Waals surface area contributed by atoms with Gasteiger partial charge in [0.2, 0.25) is 0 Å². The molecular weight excluding hydrogens is 596 g/mol. The molecule has 0 aromatic heterocycles. The maximum Gasteiger partial charge on any atom is 0.306 e. The minimum Gasteiger partial charge on any atom is -0.462 e. The van der Waals surface area contributed by atoms with Crippen molar-refractivity contribution in [3.05, 3.63) is 72.9 Å². The minimum absolute atomic E-state index is 0.106. The van der Waals surface area contributed by atoms with Gasteiger partial charge in [0.15, 0.2) is 6.10 Å². The van der Waals surface area contributed by atoms with E-state index in [9.17, 15) is 14.7 Å². The number of aliphatic hydroxyl groups is 1. The minimum atomic E-state index is -0.811. The van der Waals surface area contributed by atoms with Crippen LogP contribution in [0.3, 0.4) is 0 Å². The Morgan fingerprint density at radius 3 is 1.19 bits per heavy atom. The zero-order valence-electron chi connectivity index (χ0n) is 31.0. The Hall–Kier alpha value is -2.66. The van der Waals surface area contributed by atoms with Gasteiger partial charge in [0.05, 0.1) is 6.61 Å². The molecule has 0 amide bonds. The second kappa shape index (κ2) is 38.8. The first-order valence-electron chi connectivity index (χ1n) is 19.5. The van der Waals surface area contributed by atoms with E-state index in [2.05, 4.69) is 86.8 Å². The van der Waals surface area contributed by atoms with Crippen LogP contribution in [0.2, 0.25) is 0 Å². The number of unbranched alkanes of at least 4 members (excludes halogenated alkanes) is 14. The Morgan fingerprint density at radius 1 is 0.479 bits per heavy atom. The molecule has 274 valence electrons. The summed E-state index contributed by atoms with van der Waals surface area (Å²) in [6.07, 6.45) is 51.1. The van der Waals surface area contributed by atoms with Crippen LogP contribution < -0.4 is 0 Å². The molecule has 0 fully saturated rings. The van der Waals surface area contributed by atoms with E-state index in [1.54, 1.807) is 0 Å². The third kappa shape index (κ3) is 36.2. The number of rotatable bonds is 34. The van der Waals surface area contributed by atoms with E-state index >= 15 is 0 Å². The molecule has 0 aromatic rings. The van der Waals surface area contributed by atoms with E-state index in [0.29, 0.717) is 12.8 Å². The summed E-state index contributed by atoms with van der Waals surface area (Å²) in [5, 5.41) is 9.54. The molecule has 1 atom stereocenters. The zero-order chi connectivity index (χ0) is 35.0. The first-order chi connectivity index (χ1) is 23.6. The van der Waals surface area contributed by atoms with Gasteiger partial charge in [0.1, 0.15) is 6.61 Å². The number of allylic oxidation sites excluding steroid dienone is 12. The topological polar surface area (TPSA) is 72.8 Å². The molecule has 0 aliphatic rings. The smallest absolute Gasteiger partial charge is 0.306 e. The number of esters is 2. The highest BCUT2D eigenvalue weighted by Gasteiger charge is 2.15. The van der Waals surface area contributed by atoms with Crippen LogP contribution in [0, 0.1) is 0 Å². The van der Waals surface area contributed by atoms with Crippen molar-refractivity contribution in [1.29, 1.82) is 0 Å². The first-order valence-corrected chi connectivity index (χ1v) is 19.5. The lowest BCUT2D eigenvalue weighted by molar-refractivity contribution is -0.161. The first kappa shape index (κ1) is 45.3. The SMILES string of the molecule is CCCCC/C=C\C/C=C\CCCC/C=C\CCCC(=O)OC[C@H](CO)OC(=O)CCC/C=C\CCCC/C=C\C/C=C\CCCCC. The normalized spacial score (nSPS) is 13.0. The van der Waals surface area contributed by atoms with Crippen LogP contribution in [-0.4, -0.2) is 36.4 Å².